The van der Waals surface area contributed by atoms with Crippen LogP contribution in [0.1, 0.15) is 5.56 Å². The molecule has 0 radical (unpaired) electrons. The molecule has 0 fully saturated rings. The third kappa shape index (κ3) is 4.30. The van der Waals surface area contributed by atoms with Gasteiger partial charge in [-0.2, -0.15) is 5.10 Å². The van der Waals surface area contributed by atoms with Crippen LogP contribution in [-0.4, -0.2) is 23.4 Å². The first kappa shape index (κ1) is 21.9. The molecule has 6 nitrogen and oxygen atoms in total. The van der Waals surface area contributed by atoms with Gasteiger partial charge in [0.05, 0.1) is 23.3 Å². The van der Waals surface area contributed by atoms with Gasteiger partial charge in [-0.15, -0.1) is 11.3 Å². The van der Waals surface area contributed by atoms with Crippen LogP contribution in [0.4, 0.5) is 15.8 Å². The van der Waals surface area contributed by atoms with Crippen LogP contribution in [0.5, 0.6) is 5.75 Å². The van der Waals surface area contributed by atoms with E-state index >= 15 is 0 Å². The Bertz CT molecular complexity index is 1700. The van der Waals surface area contributed by atoms with Crippen molar-refractivity contribution >= 4 is 45.6 Å². The summed E-state index contributed by atoms with van der Waals surface area (Å²) in [6.07, 6.45) is 1.81. The quantitative estimate of drug-likeness (QED) is 0.314. The number of halogens is 1. The van der Waals surface area contributed by atoms with E-state index in [1.54, 1.807) is 16.8 Å². The SMILES string of the molecule is O=C1COc2ccc(-c3csc(=Nc4ccc(F)cc4)n3N=Cc3cccc4ccccc34)cc2N1. The van der Waals surface area contributed by atoms with Gasteiger partial charge in [0.25, 0.3) is 5.91 Å². The van der Waals surface area contributed by atoms with Crippen molar-refractivity contribution in [2.24, 2.45) is 10.1 Å². The summed E-state index contributed by atoms with van der Waals surface area (Å²) < 4.78 is 20.7. The Morgan fingerprint density at radius 2 is 1.83 bits per heavy atom. The summed E-state index contributed by atoms with van der Waals surface area (Å²) >= 11 is 1.42. The Hall–Kier alpha value is -4.56. The van der Waals surface area contributed by atoms with E-state index in [-0.39, 0.29) is 18.3 Å². The number of thiazole rings is 1. The van der Waals surface area contributed by atoms with E-state index in [1.165, 1.54) is 23.5 Å². The van der Waals surface area contributed by atoms with Crippen molar-refractivity contribution in [2.75, 3.05) is 11.9 Å². The van der Waals surface area contributed by atoms with Gasteiger partial charge in [0, 0.05) is 16.5 Å². The normalized spacial score (nSPS) is 13.6. The largest absolute Gasteiger partial charge is 0.482 e. The minimum Gasteiger partial charge on any atom is -0.482 e. The molecule has 0 spiro atoms. The zero-order valence-corrected chi connectivity index (χ0v) is 19.7. The number of rotatable bonds is 4. The molecule has 176 valence electrons. The Labute approximate surface area is 209 Å². The second kappa shape index (κ2) is 9.24. The van der Waals surface area contributed by atoms with Gasteiger partial charge < -0.3 is 10.1 Å². The number of anilines is 1. The Morgan fingerprint density at radius 1 is 1.00 bits per heavy atom. The van der Waals surface area contributed by atoms with Gasteiger partial charge in [0.1, 0.15) is 11.6 Å². The first-order valence-electron chi connectivity index (χ1n) is 11.2. The summed E-state index contributed by atoms with van der Waals surface area (Å²) in [7, 11) is 0. The van der Waals surface area contributed by atoms with Crippen LogP contribution in [0.2, 0.25) is 0 Å². The summed E-state index contributed by atoms with van der Waals surface area (Å²) in [5.41, 5.74) is 3.82. The molecule has 0 saturated carbocycles. The van der Waals surface area contributed by atoms with Crippen LogP contribution in [0.3, 0.4) is 0 Å². The van der Waals surface area contributed by atoms with E-state index in [1.807, 2.05) is 54.1 Å². The van der Waals surface area contributed by atoms with Crippen molar-refractivity contribution in [3.63, 3.8) is 0 Å². The summed E-state index contributed by atoms with van der Waals surface area (Å²) in [4.78, 5) is 17.2. The molecule has 0 saturated heterocycles. The number of hydrogen-bond donors (Lipinski definition) is 1. The number of aromatic nitrogens is 1. The molecule has 1 aliphatic heterocycles. The number of carbonyl (C=O) groups excluding carboxylic acids is 1. The standard InChI is InChI=1S/C28H19FN4O2S/c29-21-9-11-22(12-10-21)31-28-33(30-15-20-6-3-5-18-4-1-2-7-23(18)20)25(17-36-28)19-8-13-26-24(14-19)32-27(34)16-35-26/h1-15,17H,16H2,(H,32,34). The Kier molecular flexibility index (Phi) is 5.63. The molecule has 0 atom stereocenters. The molecule has 1 N–H and O–H groups in total. The van der Waals surface area contributed by atoms with Crippen molar-refractivity contribution in [3.8, 4) is 17.0 Å². The lowest BCUT2D eigenvalue weighted by atomic mass is 10.1. The average Bonchev–Trinajstić information content (AvgIpc) is 3.30. The second-order valence-corrected chi connectivity index (χ2v) is 9.00. The number of benzene rings is 4. The van der Waals surface area contributed by atoms with Gasteiger partial charge in [-0.1, -0.05) is 42.5 Å². The maximum absolute atomic E-state index is 13.4. The molecule has 4 aromatic carbocycles. The zero-order valence-electron chi connectivity index (χ0n) is 18.9. The minimum atomic E-state index is -0.319. The lowest BCUT2D eigenvalue weighted by Gasteiger charge is -2.18. The number of ether oxygens (including phenoxy) is 1. The highest BCUT2D eigenvalue weighted by molar-refractivity contribution is 7.07. The molecule has 1 aromatic heterocycles. The van der Waals surface area contributed by atoms with Crippen molar-refractivity contribution in [1.82, 2.24) is 4.68 Å². The molecule has 8 heteroatoms. The Balaban J connectivity index is 1.49. The number of nitrogens with one attached hydrogen (secondary N) is 1. The fourth-order valence-corrected chi connectivity index (χ4v) is 4.89. The van der Waals surface area contributed by atoms with Crippen LogP contribution < -0.4 is 14.9 Å². The fourth-order valence-electron chi connectivity index (χ4n) is 4.04. The van der Waals surface area contributed by atoms with Crippen LogP contribution in [0, 0.1) is 5.82 Å². The highest BCUT2D eigenvalue weighted by atomic mass is 32.1. The number of carbonyl (C=O) groups is 1. The predicted octanol–water partition coefficient (Wildman–Crippen LogP) is 5.95. The number of fused-ring (bicyclic) bond motifs is 2. The van der Waals surface area contributed by atoms with Crippen LogP contribution in [-0.2, 0) is 4.79 Å². The van der Waals surface area contributed by atoms with E-state index in [2.05, 4.69) is 23.5 Å². The first-order valence-corrected chi connectivity index (χ1v) is 12.1. The number of nitrogens with zero attached hydrogens (tertiary/aromatic N) is 3. The summed E-state index contributed by atoms with van der Waals surface area (Å²) in [5.74, 6) is 0.107. The molecular weight excluding hydrogens is 475 g/mol. The van der Waals surface area contributed by atoms with Crippen molar-refractivity contribution in [2.45, 2.75) is 0 Å². The van der Waals surface area contributed by atoms with E-state index in [9.17, 15) is 9.18 Å². The minimum absolute atomic E-state index is 0.000815. The number of hydrogen-bond acceptors (Lipinski definition) is 5. The maximum Gasteiger partial charge on any atom is 0.262 e. The smallest absolute Gasteiger partial charge is 0.262 e. The van der Waals surface area contributed by atoms with Crippen LogP contribution >= 0.6 is 11.3 Å². The predicted molar refractivity (Wildman–Crippen MR) is 140 cm³/mol. The topological polar surface area (TPSA) is 68.0 Å². The van der Waals surface area contributed by atoms with E-state index in [0.29, 0.717) is 21.9 Å². The first-order chi connectivity index (χ1) is 17.6. The molecule has 1 amide bonds. The molecule has 2 heterocycles. The van der Waals surface area contributed by atoms with Crippen molar-refractivity contribution in [1.29, 1.82) is 0 Å². The third-order valence-electron chi connectivity index (χ3n) is 5.78. The van der Waals surface area contributed by atoms with Gasteiger partial charge in [-0.05, 0) is 53.2 Å². The summed E-state index contributed by atoms with van der Waals surface area (Å²) in [6.45, 7) is 0.000815. The van der Waals surface area contributed by atoms with E-state index in [4.69, 9.17) is 14.8 Å². The van der Waals surface area contributed by atoms with E-state index in [0.717, 1.165) is 27.6 Å². The van der Waals surface area contributed by atoms with Gasteiger partial charge >= 0.3 is 0 Å². The molecular formula is C28H19FN4O2S. The zero-order chi connectivity index (χ0) is 24.5. The average molecular weight is 495 g/mol. The van der Waals surface area contributed by atoms with Crippen LogP contribution in [0.15, 0.2) is 100 Å². The maximum atomic E-state index is 13.4. The summed E-state index contributed by atoms with van der Waals surface area (Å²) in [6, 6.07) is 25.8. The molecule has 0 unspecified atom stereocenters. The number of amides is 1. The molecule has 5 aromatic rings. The monoisotopic (exact) mass is 494 g/mol. The highest BCUT2D eigenvalue weighted by Crippen LogP contribution is 2.33. The Morgan fingerprint density at radius 3 is 2.72 bits per heavy atom. The van der Waals surface area contributed by atoms with Gasteiger partial charge in [0.15, 0.2) is 6.61 Å². The molecule has 1 aliphatic rings. The highest BCUT2D eigenvalue weighted by Gasteiger charge is 2.18. The third-order valence-corrected chi connectivity index (χ3v) is 6.60. The fraction of sp³-hybridized carbons (Fsp3) is 0.0357. The summed E-state index contributed by atoms with van der Waals surface area (Å²) in [5, 5.41) is 11.8. The molecule has 0 bridgehead atoms. The van der Waals surface area contributed by atoms with Gasteiger partial charge in [0.2, 0.25) is 4.80 Å². The van der Waals surface area contributed by atoms with E-state index < -0.39 is 0 Å². The lowest BCUT2D eigenvalue weighted by Crippen LogP contribution is -2.25. The van der Waals surface area contributed by atoms with Gasteiger partial charge in [-0.25, -0.2) is 14.1 Å². The van der Waals surface area contributed by atoms with Crippen molar-refractivity contribution in [3.05, 3.63) is 106 Å². The lowest BCUT2D eigenvalue weighted by molar-refractivity contribution is -0.118. The molecule has 36 heavy (non-hydrogen) atoms. The molecule has 0 aliphatic carbocycles. The van der Waals surface area contributed by atoms with Crippen molar-refractivity contribution < 1.29 is 13.9 Å². The van der Waals surface area contributed by atoms with Gasteiger partial charge in [-0.3, -0.25) is 4.79 Å². The molecule has 6 rings (SSSR count). The van der Waals surface area contributed by atoms with Crippen LogP contribution in [0.25, 0.3) is 22.0 Å². The second-order valence-electron chi connectivity index (χ2n) is 8.16.